The second-order valence-corrected chi connectivity index (χ2v) is 5.54. The van der Waals surface area contributed by atoms with E-state index in [0.717, 1.165) is 25.9 Å². The Labute approximate surface area is 109 Å². The summed E-state index contributed by atoms with van der Waals surface area (Å²) in [4.78, 5) is 0. The van der Waals surface area contributed by atoms with E-state index in [-0.39, 0.29) is 5.38 Å². The van der Waals surface area contributed by atoms with Crippen LogP contribution in [0.1, 0.15) is 30.9 Å². The van der Waals surface area contributed by atoms with Gasteiger partial charge in [-0.05, 0) is 31.7 Å². The smallest absolute Gasteiger partial charge is 0.0615 e. The van der Waals surface area contributed by atoms with Crippen LogP contribution in [0.4, 0.5) is 0 Å². The molecule has 1 aliphatic heterocycles. The molecule has 0 aliphatic carbocycles. The first-order valence-corrected chi connectivity index (χ1v) is 6.95. The van der Waals surface area contributed by atoms with Crippen molar-refractivity contribution in [2.45, 2.75) is 44.6 Å². The van der Waals surface area contributed by atoms with Gasteiger partial charge in [0.05, 0.1) is 6.10 Å². The Morgan fingerprint density at radius 2 is 2.06 bits per heavy atom. The van der Waals surface area contributed by atoms with Gasteiger partial charge in [-0.3, -0.25) is 0 Å². The summed E-state index contributed by atoms with van der Waals surface area (Å²) < 4.78 is 5.71. The van der Waals surface area contributed by atoms with Crippen LogP contribution in [-0.4, -0.2) is 18.1 Å². The molecule has 2 rings (SSSR count). The number of hydrogen-bond acceptors (Lipinski definition) is 1. The van der Waals surface area contributed by atoms with Gasteiger partial charge in [0, 0.05) is 17.9 Å². The highest BCUT2D eigenvalue weighted by Gasteiger charge is 2.32. The summed E-state index contributed by atoms with van der Waals surface area (Å²) in [5, 5.41) is 0.199. The first kappa shape index (κ1) is 12.9. The van der Waals surface area contributed by atoms with Gasteiger partial charge in [-0.2, -0.15) is 0 Å². The summed E-state index contributed by atoms with van der Waals surface area (Å²) in [6.45, 7) is 5.17. The number of alkyl halides is 1. The maximum Gasteiger partial charge on any atom is 0.0615 e. The Kier molecular flexibility index (Phi) is 4.47. The van der Waals surface area contributed by atoms with Crippen molar-refractivity contribution < 1.29 is 4.74 Å². The van der Waals surface area contributed by atoms with Gasteiger partial charge < -0.3 is 4.74 Å². The average Bonchev–Trinajstić information content (AvgIpc) is 2.80. The first-order chi connectivity index (χ1) is 8.20. The van der Waals surface area contributed by atoms with Crippen molar-refractivity contribution >= 4 is 11.6 Å². The summed E-state index contributed by atoms with van der Waals surface area (Å²) >= 11 is 6.55. The SMILES string of the molecule is CCC1OCCC1C(Cl)Cc1ccc(C)cc1. The highest BCUT2D eigenvalue weighted by molar-refractivity contribution is 6.21. The largest absolute Gasteiger partial charge is 0.378 e. The van der Waals surface area contributed by atoms with E-state index in [4.69, 9.17) is 16.3 Å². The molecule has 1 nitrogen and oxygen atoms in total. The van der Waals surface area contributed by atoms with Crippen molar-refractivity contribution in [1.29, 1.82) is 0 Å². The molecule has 1 fully saturated rings. The van der Waals surface area contributed by atoms with Crippen LogP contribution in [0, 0.1) is 12.8 Å². The fourth-order valence-electron chi connectivity index (χ4n) is 2.60. The Morgan fingerprint density at radius 3 is 2.71 bits per heavy atom. The van der Waals surface area contributed by atoms with Gasteiger partial charge in [0.15, 0.2) is 0 Å². The third-order valence-electron chi connectivity index (χ3n) is 3.68. The molecule has 1 saturated heterocycles. The lowest BCUT2D eigenvalue weighted by molar-refractivity contribution is 0.0865. The molecule has 0 radical (unpaired) electrons. The lowest BCUT2D eigenvalue weighted by Crippen LogP contribution is -2.25. The lowest BCUT2D eigenvalue weighted by atomic mass is 9.91. The van der Waals surface area contributed by atoms with E-state index in [9.17, 15) is 0 Å². The molecular weight excluding hydrogens is 232 g/mol. The number of benzene rings is 1. The number of ether oxygens (including phenoxy) is 1. The zero-order valence-electron chi connectivity index (χ0n) is 10.7. The van der Waals surface area contributed by atoms with Crippen LogP contribution in [0.25, 0.3) is 0 Å². The molecule has 0 N–H and O–H groups in total. The van der Waals surface area contributed by atoms with Crippen molar-refractivity contribution in [1.82, 2.24) is 0 Å². The van der Waals surface area contributed by atoms with E-state index in [1.807, 2.05) is 0 Å². The van der Waals surface area contributed by atoms with Gasteiger partial charge in [-0.15, -0.1) is 11.6 Å². The number of rotatable bonds is 4. The van der Waals surface area contributed by atoms with Gasteiger partial charge in [-0.25, -0.2) is 0 Å². The Hall–Kier alpha value is -0.530. The molecule has 3 unspecified atom stereocenters. The maximum atomic E-state index is 6.55. The summed E-state index contributed by atoms with van der Waals surface area (Å²) in [6.07, 6.45) is 3.50. The minimum absolute atomic E-state index is 0.199. The highest BCUT2D eigenvalue weighted by Crippen LogP contribution is 2.31. The van der Waals surface area contributed by atoms with Crippen LogP contribution in [0.5, 0.6) is 0 Å². The van der Waals surface area contributed by atoms with Gasteiger partial charge in [0.25, 0.3) is 0 Å². The van der Waals surface area contributed by atoms with E-state index in [0.29, 0.717) is 12.0 Å². The first-order valence-electron chi connectivity index (χ1n) is 6.52. The summed E-state index contributed by atoms with van der Waals surface area (Å²) in [5.74, 6) is 0.517. The Balaban J connectivity index is 1.96. The summed E-state index contributed by atoms with van der Waals surface area (Å²) in [7, 11) is 0. The number of halogens is 1. The molecule has 0 saturated carbocycles. The summed E-state index contributed by atoms with van der Waals surface area (Å²) in [6, 6.07) is 8.67. The molecule has 0 spiro atoms. The molecule has 1 heterocycles. The monoisotopic (exact) mass is 252 g/mol. The minimum Gasteiger partial charge on any atom is -0.378 e. The molecule has 94 valence electrons. The fourth-order valence-corrected chi connectivity index (χ4v) is 3.07. The standard InChI is InChI=1S/C15H21ClO/c1-3-15-13(8-9-17-15)14(16)10-12-6-4-11(2)5-7-12/h4-7,13-15H,3,8-10H2,1-2H3. The van der Waals surface area contributed by atoms with Crippen LogP contribution in [0.3, 0.4) is 0 Å². The van der Waals surface area contributed by atoms with Gasteiger partial charge in [0.1, 0.15) is 0 Å². The average molecular weight is 253 g/mol. The predicted octanol–water partition coefficient (Wildman–Crippen LogP) is 3.96. The topological polar surface area (TPSA) is 9.23 Å². The van der Waals surface area contributed by atoms with E-state index in [2.05, 4.69) is 38.1 Å². The number of aryl methyl sites for hydroxylation is 1. The molecule has 1 aromatic rings. The summed E-state index contributed by atoms with van der Waals surface area (Å²) in [5.41, 5.74) is 2.63. The van der Waals surface area contributed by atoms with E-state index in [1.165, 1.54) is 11.1 Å². The van der Waals surface area contributed by atoms with Crippen LogP contribution in [0.15, 0.2) is 24.3 Å². The van der Waals surface area contributed by atoms with Crippen molar-refractivity contribution in [3.8, 4) is 0 Å². The molecule has 0 amide bonds. The zero-order chi connectivity index (χ0) is 12.3. The molecule has 1 aliphatic rings. The minimum atomic E-state index is 0.199. The van der Waals surface area contributed by atoms with Crippen molar-refractivity contribution in [3.05, 3.63) is 35.4 Å². The highest BCUT2D eigenvalue weighted by atomic mass is 35.5. The van der Waals surface area contributed by atoms with Crippen LogP contribution < -0.4 is 0 Å². The number of hydrogen-bond donors (Lipinski definition) is 0. The zero-order valence-corrected chi connectivity index (χ0v) is 11.4. The molecule has 3 atom stereocenters. The van der Waals surface area contributed by atoms with E-state index in [1.54, 1.807) is 0 Å². The molecule has 0 bridgehead atoms. The molecule has 17 heavy (non-hydrogen) atoms. The molecule has 2 heteroatoms. The fraction of sp³-hybridized carbons (Fsp3) is 0.600. The normalized spacial score (nSPS) is 26.1. The van der Waals surface area contributed by atoms with E-state index < -0.39 is 0 Å². The predicted molar refractivity (Wildman–Crippen MR) is 72.7 cm³/mol. The molecule has 0 aromatic heterocycles. The Bertz CT molecular complexity index is 346. The van der Waals surface area contributed by atoms with Gasteiger partial charge in [0.2, 0.25) is 0 Å². The van der Waals surface area contributed by atoms with Crippen LogP contribution in [0.2, 0.25) is 0 Å². The quantitative estimate of drug-likeness (QED) is 0.737. The lowest BCUT2D eigenvalue weighted by Gasteiger charge is -2.22. The maximum absolute atomic E-state index is 6.55. The van der Waals surface area contributed by atoms with E-state index >= 15 is 0 Å². The third kappa shape index (κ3) is 3.23. The molecule has 1 aromatic carbocycles. The van der Waals surface area contributed by atoms with Crippen LogP contribution in [-0.2, 0) is 11.2 Å². The third-order valence-corrected chi connectivity index (χ3v) is 4.16. The van der Waals surface area contributed by atoms with Crippen molar-refractivity contribution in [2.75, 3.05) is 6.61 Å². The van der Waals surface area contributed by atoms with Gasteiger partial charge >= 0.3 is 0 Å². The molecular formula is C15H21ClO. The Morgan fingerprint density at radius 1 is 1.35 bits per heavy atom. The van der Waals surface area contributed by atoms with Crippen LogP contribution >= 0.6 is 11.6 Å². The van der Waals surface area contributed by atoms with Crippen molar-refractivity contribution in [3.63, 3.8) is 0 Å². The van der Waals surface area contributed by atoms with Gasteiger partial charge in [-0.1, -0.05) is 36.8 Å². The second-order valence-electron chi connectivity index (χ2n) is 4.98. The second kappa shape index (κ2) is 5.88. The van der Waals surface area contributed by atoms with Crippen molar-refractivity contribution in [2.24, 2.45) is 5.92 Å².